The first-order valence-corrected chi connectivity index (χ1v) is 11.4. The first-order chi connectivity index (χ1) is 16.1. The monoisotopic (exact) mass is 445 g/mol. The van der Waals surface area contributed by atoms with Crippen LogP contribution in [0.1, 0.15) is 12.8 Å². The van der Waals surface area contributed by atoms with Crippen LogP contribution in [-0.4, -0.2) is 59.7 Å². The van der Waals surface area contributed by atoms with Crippen molar-refractivity contribution < 1.29 is 9.47 Å². The predicted molar refractivity (Wildman–Crippen MR) is 129 cm³/mol. The Morgan fingerprint density at radius 1 is 1.03 bits per heavy atom. The van der Waals surface area contributed by atoms with Crippen LogP contribution in [0.2, 0.25) is 0 Å². The number of hydrogen-bond acceptors (Lipinski definition) is 6. The third-order valence-corrected chi connectivity index (χ3v) is 7.13. The number of para-hydroxylation sites is 2. The molecule has 33 heavy (non-hydrogen) atoms. The van der Waals surface area contributed by atoms with Crippen LogP contribution in [0.4, 0.5) is 5.69 Å². The van der Waals surface area contributed by atoms with Crippen LogP contribution in [0.5, 0.6) is 11.5 Å². The van der Waals surface area contributed by atoms with Crippen molar-refractivity contribution in [2.24, 2.45) is 5.92 Å². The maximum atomic E-state index is 13.4. The highest BCUT2D eigenvalue weighted by Gasteiger charge is 2.35. The molecule has 8 heteroatoms. The highest BCUT2D eigenvalue weighted by Crippen LogP contribution is 2.39. The lowest BCUT2D eigenvalue weighted by atomic mass is 9.83. The number of piperidine rings is 3. The van der Waals surface area contributed by atoms with Gasteiger partial charge in [0.2, 0.25) is 0 Å². The number of fused-ring (bicyclic) bond motifs is 5. The van der Waals surface area contributed by atoms with Crippen LogP contribution < -0.4 is 20.3 Å². The van der Waals surface area contributed by atoms with Crippen LogP contribution in [-0.2, 0) is 0 Å². The summed E-state index contributed by atoms with van der Waals surface area (Å²) in [7, 11) is 3.22. The lowest BCUT2D eigenvalue weighted by Crippen LogP contribution is -2.53. The molecular weight excluding hydrogens is 418 g/mol. The number of aromatic nitrogens is 3. The molecule has 0 aliphatic carbocycles. The number of ether oxygens (including phenoxy) is 2. The van der Waals surface area contributed by atoms with E-state index in [0.717, 1.165) is 41.7 Å². The van der Waals surface area contributed by atoms with Crippen molar-refractivity contribution in [1.29, 1.82) is 0 Å². The van der Waals surface area contributed by atoms with Gasteiger partial charge in [0, 0.05) is 24.0 Å². The molecule has 3 saturated heterocycles. The molecule has 0 spiro atoms. The average Bonchev–Trinajstić information content (AvgIpc) is 3.27. The maximum Gasteiger partial charge on any atom is 0.261 e. The molecule has 8 nitrogen and oxygen atoms in total. The van der Waals surface area contributed by atoms with Gasteiger partial charge < -0.3 is 29.7 Å². The van der Waals surface area contributed by atoms with Gasteiger partial charge in [0.05, 0.1) is 36.5 Å². The minimum atomic E-state index is -0.197. The summed E-state index contributed by atoms with van der Waals surface area (Å²) in [5.41, 5.74) is 3.52. The fourth-order valence-electron chi connectivity index (χ4n) is 5.38. The molecule has 0 unspecified atom stereocenters. The zero-order valence-corrected chi connectivity index (χ0v) is 18.8. The number of H-pyrrole nitrogens is 2. The molecule has 170 valence electrons. The van der Waals surface area contributed by atoms with E-state index in [1.54, 1.807) is 14.2 Å². The summed E-state index contributed by atoms with van der Waals surface area (Å²) < 4.78 is 11.1. The number of nitrogens with one attached hydrogen (secondary N) is 3. The Labute approximate surface area is 190 Å². The van der Waals surface area contributed by atoms with E-state index in [0.29, 0.717) is 34.3 Å². The quantitative estimate of drug-likeness (QED) is 0.435. The summed E-state index contributed by atoms with van der Waals surface area (Å²) in [4.78, 5) is 27.1. The van der Waals surface area contributed by atoms with Crippen LogP contribution in [0.15, 0.2) is 41.2 Å². The van der Waals surface area contributed by atoms with Gasteiger partial charge in [0.15, 0.2) is 11.5 Å². The third kappa shape index (κ3) is 3.33. The minimum absolute atomic E-state index is 0.197. The second kappa shape index (κ2) is 7.81. The molecule has 2 aromatic heterocycles. The van der Waals surface area contributed by atoms with Gasteiger partial charge in [0.1, 0.15) is 11.4 Å². The number of imidazole rings is 1. The van der Waals surface area contributed by atoms with Gasteiger partial charge in [-0.3, -0.25) is 4.79 Å². The van der Waals surface area contributed by atoms with Crippen molar-refractivity contribution in [2.45, 2.75) is 18.9 Å². The van der Waals surface area contributed by atoms with E-state index in [-0.39, 0.29) is 11.6 Å². The number of nitrogens with zero attached hydrogens (tertiary/aromatic N) is 2. The lowest BCUT2D eigenvalue weighted by Gasteiger charge is -2.45. The first kappa shape index (κ1) is 20.1. The van der Waals surface area contributed by atoms with Crippen molar-refractivity contribution >= 4 is 27.6 Å². The number of hydrogen-bond donors (Lipinski definition) is 3. The molecule has 2 bridgehead atoms. The molecule has 0 saturated carbocycles. The highest BCUT2D eigenvalue weighted by atomic mass is 16.5. The van der Waals surface area contributed by atoms with E-state index in [9.17, 15) is 4.79 Å². The third-order valence-electron chi connectivity index (χ3n) is 7.13. The van der Waals surface area contributed by atoms with Crippen molar-refractivity contribution in [3.8, 4) is 22.9 Å². The summed E-state index contributed by atoms with van der Waals surface area (Å²) >= 11 is 0. The summed E-state index contributed by atoms with van der Waals surface area (Å²) in [5.74, 6) is 2.33. The first-order valence-electron chi connectivity index (χ1n) is 11.4. The van der Waals surface area contributed by atoms with Gasteiger partial charge in [-0.2, -0.15) is 0 Å². The van der Waals surface area contributed by atoms with E-state index in [4.69, 9.17) is 14.5 Å². The maximum absolute atomic E-state index is 13.4. The van der Waals surface area contributed by atoms with Gasteiger partial charge in [-0.05, 0) is 50.0 Å². The summed E-state index contributed by atoms with van der Waals surface area (Å²) in [6, 6.07) is 11.8. The Balaban J connectivity index is 1.58. The Kier molecular flexibility index (Phi) is 4.76. The van der Waals surface area contributed by atoms with Crippen molar-refractivity contribution in [3.63, 3.8) is 0 Å². The zero-order chi connectivity index (χ0) is 22.5. The van der Waals surface area contributed by atoms with Gasteiger partial charge >= 0.3 is 0 Å². The summed E-state index contributed by atoms with van der Waals surface area (Å²) in [6.45, 7) is 3.28. The van der Waals surface area contributed by atoms with E-state index >= 15 is 0 Å². The number of aromatic amines is 2. The fraction of sp³-hybridized carbons (Fsp3) is 0.360. The molecule has 0 radical (unpaired) electrons. The van der Waals surface area contributed by atoms with Gasteiger partial charge in [-0.25, -0.2) is 4.98 Å². The van der Waals surface area contributed by atoms with Gasteiger partial charge in [0.25, 0.3) is 5.56 Å². The number of methoxy groups -OCH3 is 2. The van der Waals surface area contributed by atoms with E-state index < -0.39 is 0 Å². The SMILES string of the molecule is COc1cc2[nH]c(=O)c(-c3nc4ccccc4[nH]3)c(N[C@@H]3CN4CCC3CC4)c2cc1OC. The molecule has 3 aliphatic heterocycles. The molecule has 7 rings (SSSR count). The molecule has 5 heterocycles. The Morgan fingerprint density at radius 3 is 2.48 bits per heavy atom. The van der Waals surface area contributed by atoms with Crippen LogP contribution in [0.3, 0.4) is 0 Å². The largest absolute Gasteiger partial charge is 0.493 e. The molecule has 3 N–H and O–H groups in total. The van der Waals surface area contributed by atoms with Crippen molar-refractivity contribution in [2.75, 3.05) is 39.2 Å². The minimum Gasteiger partial charge on any atom is -0.493 e. The Hall–Kier alpha value is -3.52. The Morgan fingerprint density at radius 2 is 1.79 bits per heavy atom. The lowest BCUT2D eigenvalue weighted by molar-refractivity contribution is 0.0976. The summed E-state index contributed by atoms with van der Waals surface area (Å²) in [6.07, 6.45) is 2.35. The number of rotatable bonds is 5. The normalized spacial score (nSPS) is 22.1. The topological polar surface area (TPSA) is 95.3 Å². The van der Waals surface area contributed by atoms with Gasteiger partial charge in [-0.1, -0.05) is 12.1 Å². The van der Waals surface area contributed by atoms with E-state index in [1.165, 1.54) is 12.8 Å². The molecule has 1 atom stereocenters. The smallest absolute Gasteiger partial charge is 0.261 e. The molecule has 4 aromatic rings. The zero-order valence-electron chi connectivity index (χ0n) is 18.8. The average molecular weight is 446 g/mol. The van der Waals surface area contributed by atoms with Crippen molar-refractivity contribution in [3.05, 3.63) is 46.8 Å². The van der Waals surface area contributed by atoms with Gasteiger partial charge in [-0.15, -0.1) is 0 Å². The summed E-state index contributed by atoms with van der Waals surface area (Å²) in [5, 5.41) is 4.65. The van der Waals surface area contributed by atoms with Crippen molar-refractivity contribution in [1.82, 2.24) is 19.9 Å². The molecular formula is C25H27N5O3. The number of anilines is 1. The second-order valence-electron chi connectivity index (χ2n) is 8.95. The van der Waals surface area contributed by atoms with E-state index in [1.807, 2.05) is 36.4 Å². The molecule has 0 amide bonds. The highest BCUT2D eigenvalue weighted by molar-refractivity contribution is 6.00. The Bertz CT molecular complexity index is 1370. The number of benzene rings is 2. The second-order valence-corrected chi connectivity index (χ2v) is 8.95. The predicted octanol–water partition coefficient (Wildman–Crippen LogP) is 3.59. The molecule has 3 fully saturated rings. The molecule has 2 aromatic carbocycles. The molecule has 3 aliphatic rings. The van der Waals surface area contributed by atoms with Crippen LogP contribution >= 0.6 is 0 Å². The fourth-order valence-corrected chi connectivity index (χ4v) is 5.38. The van der Waals surface area contributed by atoms with Crippen LogP contribution in [0.25, 0.3) is 33.3 Å². The van der Waals surface area contributed by atoms with Crippen LogP contribution in [0, 0.1) is 5.92 Å². The number of pyridine rings is 1. The van der Waals surface area contributed by atoms with E-state index in [2.05, 4.69) is 20.2 Å². The standard InChI is InChI=1S/C25H27N5O3/c1-32-20-11-15-18(12-21(20)33-2)29-25(31)22(24-27-16-5-3-4-6-17(16)28-24)23(15)26-19-13-30-9-7-14(19)8-10-30/h3-6,11-12,14,19H,7-10,13H2,1-2H3,(H,27,28)(H2,26,29,31)/t19-/m1/s1.